The molecule has 11 heteroatoms. The SMILES string of the molecule is C[Si](C)(CCS(=O)(=O)C(CC(=O)[N+]1(C2CCNCC2)CCCCC1)c1ccc2[nH]ncc2c1)C(N)=O. The first-order valence-corrected chi connectivity index (χ1v) is 18.0. The van der Waals surface area contributed by atoms with Gasteiger partial charge in [0.1, 0.15) is 0 Å². The van der Waals surface area contributed by atoms with Gasteiger partial charge < -0.3 is 11.1 Å². The van der Waals surface area contributed by atoms with Gasteiger partial charge in [-0.05, 0) is 43.0 Å². The lowest BCUT2D eigenvalue weighted by Crippen LogP contribution is -2.64. The van der Waals surface area contributed by atoms with E-state index in [2.05, 4.69) is 15.5 Å². The van der Waals surface area contributed by atoms with E-state index in [1.54, 1.807) is 25.4 Å². The number of piperidine rings is 2. The summed E-state index contributed by atoms with van der Waals surface area (Å²) < 4.78 is 28.1. The summed E-state index contributed by atoms with van der Waals surface area (Å²) in [5.74, 6) is -0.113. The maximum absolute atomic E-state index is 14.2. The molecule has 1 unspecified atom stereocenters. The standard InChI is InChI=1S/C25H39N5O4SSi/c1-36(2,25(26)32)15-14-35(33,34)23(19-6-7-22-20(16-19)18-28-29-22)17-24(31)30(12-4-3-5-13-30)21-8-10-27-11-9-21/h6-7,16,18,21,23,27H,3-5,8-15,17H2,1-2H3,(H2-,26,28,29,32)/p+1. The Morgan fingerprint density at radius 2 is 1.86 bits per heavy atom. The fraction of sp³-hybridized carbons (Fsp3) is 0.640. The number of amides is 2. The summed E-state index contributed by atoms with van der Waals surface area (Å²) in [5, 5.41) is 10.2. The average Bonchev–Trinajstić information content (AvgIpc) is 3.35. The fourth-order valence-electron chi connectivity index (χ4n) is 5.81. The van der Waals surface area contributed by atoms with Gasteiger partial charge in [0.25, 0.3) is 0 Å². The van der Waals surface area contributed by atoms with Gasteiger partial charge in [0.2, 0.25) is 0 Å². The van der Waals surface area contributed by atoms with Crippen LogP contribution in [0.1, 0.15) is 49.3 Å². The second-order valence-electron chi connectivity index (χ2n) is 11.2. The smallest absolute Gasteiger partial charge is 0.315 e. The van der Waals surface area contributed by atoms with E-state index < -0.39 is 28.7 Å². The third-order valence-electron chi connectivity index (χ3n) is 8.43. The maximum Gasteiger partial charge on any atom is 0.315 e. The van der Waals surface area contributed by atoms with Gasteiger partial charge in [-0.25, -0.2) is 13.2 Å². The number of benzene rings is 1. The Balaban J connectivity index is 1.68. The van der Waals surface area contributed by atoms with Gasteiger partial charge in [0, 0.05) is 37.1 Å². The summed E-state index contributed by atoms with van der Waals surface area (Å²) >= 11 is 0. The summed E-state index contributed by atoms with van der Waals surface area (Å²) in [6.45, 7) is 6.96. The molecule has 1 atom stereocenters. The van der Waals surface area contributed by atoms with Crippen molar-refractivity contribution in [2.75, 3.05) is 31.9 Å². The number of sulfone groups is 1. The second-order valence-corrected chi connectivity index (χ2v) is 18.3. The highest BCUT2D eigenvalue weighted by atomic mass is 32.2. The zero-order chi connectivity index (χ0) is 26.0. The number of nitrogens with zero attached hydrogens (tertiary/aromatic N) is 2. The second kappa shape index (κ2) is 10.7. The lowest BCUT2D eigenvalue weighted by atomic mass is 9.94. The van der Waals surface area contributed by atoms with Gasteiger partial charge in [0.15, 0.2) is 23.4 Å². The summed E-state index contributed by atoms with van der Waals surface area (Å²) in [5.41, 5.74) is 6.60. The molecule has 2 aromatic rings. The fourth-order valence-corrected chi connectivity index (χ4v) is 10.5. The largest absolute Gasteiger partial charge is 0.374 e. The Bertz CT molecular complexity index is 1200. The molecule has 0 aliphatic carbocycles. The molecule has 2 saturated heterocycles. The van der Waals surface area contributed by atoms with Crippen LogP contribution in [0, 0.1) is 0 Å². The number of carbonyl (C=O) groups is 2. The van der Waals surface area contributed by atoms with Crippen LogP contribution in [0.25, 0.3) is 10.9 Å². The van der Waals surface area contributed by atoms with Crippen molar-refractivity contribution in [3.8, 4) is 0 Å². The molecule has 3 heterocycles. The molecule has 0 spiro atoms. The Kier molecular flexibility index (Phi) is 8.03. The number of aromatic amines is 1. The van der Waals surface area contributed by atoms with Gasteiger partial charge in [-0.1, -0.05) is 19.2 Å². The predicted octanol–water partition coefficient (Wildman–Crippen LogP) is 3.06. The van der Waals surface area contributed by atoms with Crippen molar-refractivity contribution in [1.29, 1.82) is 0 Å². The van der Waals surface area contributed by atoms with Crippen molar-refractivity contribution < 1.29 is 22.5 Å². The lowest BCUT2D eigenvalue weighted by Gasteiger charge is -2.46. The van der Waals surface area contributed by atoms with Crippen molar-refractivity contribution in [2.45, 2.75) is 69.0 Å². The van der Waals surface area contributed by atoms with E-state index >= 15 is 0 Å². The molecular weight excluding hydrogens is 494 g/mol. The zero-order valence-electron chi connectivity index (χ0n) is 21.5. The molecule has 2 aliphatic heterocycles. The van der Waals surface area contributed by atoms with Crippen LogP contribution < -0.4 is 11.1 Å². The van der Waals surface area contributed by atoms with Gasteiger partial charge in [-0.2, -0.15) is 5.10 Å². The van der Waals surface area contributed by atoms with Crippen molar-refractivity contribution in [3.63, 3.8) is 0 Å². The molecule has 1 aromatic carbocycles. The number of carbonyl (C=O) groups excluding carboxylic acids is 2. The molecule has 9 nitrogen and oxygen atoms in total. The third kappa shape index (κ3) is 5.58. The number of hydrogen-bond acceptors (Lipinski definition) is 6. The number of quaternary nitrogens is 1. The number of aromatic nitrogens is 2. The lowest BCUT2D eigenvalue weighted by molar-refractivity contribution is -0.885. The minimum atomic E-state index is -3.73. The van der Waals surface area contributed by atoms with Crippen LogP contribution in [0.4, 0.5) is 4.79 Å². The van der Waals surface area contributed by atoms with Crippen molar-refractivity contribution in [2.24, 2.45) is 5.73 Å². The van der Waals surface area contributed by atoms with E-state index in [4.69, 9.17) is 5.73 Å². The molecule has 4 rings (SSSR count). The highest BCUT2D eigenvalue weighted by Gasteiger charge is 2.47. The van der Waals surface area contributed by atoms with E-state index in [9.17, 15) is 18.0 Å². The molecule has 2 fully saturated rings. The van der Waals surface area contributed by atoms with Gasteiger partial charge >= 0.3 is 5.91 Å². The van der Waals surface area contributed by atoms with Crippen molar-refractivity contribution >= 4 is 40.3 Å². The number of fused-ring (bicyclic) bond motifs is 1. The molecule has 0 radical (unpaired) electrons. The monoisotopic (exact) mass is 534 g/mol. The Labute approximate surface area is 214 Å². The quantitative estimate of drug-likeness (QED) is 0.334. The van der Waals surface area contributed by atoms with Gasteiger partial charge in [0.05, 0.1) is 42.5 Å². The molecule has 0 bridgehead atoms. The van der Waals surface area contributed by atoms with Crippen LogP contribution in [0.2, 0.25) is 19.1 Å². The van der Waals surface area contributed by atoms with Crippen molar-refractivity contribution in [3.05, 3.63) is 30.0 Å². The normalized spacial score (nSPS) is 20.3. The molecule has 36 heavy (non-hydrogen) atoms. The first-order valence-electron chi connectivity index (χ1n) is 13.1. The first kappa shape index (κ1) is 27.0. The Morgan fingerprint density at radius 3 is 2.53 bits per heavy atom. The number of hydrogen-bond donors (Lipinski definition) is 3. The molecule has 1 aromatic heterocycles. The number of primary amides is 1. The van der Waals surface area contributed by atoms with Gasteiger partial charge in [-0.3, -0.25) is 14.4 Å². The number of likely N-dealkylation sites (tertiary alicyclic amines) is 1. The minimum Gasteiger partial charge on any atom is -0.374 e. The molecule has 0 saturated carbocycles. The van der Waals surface area contributed by atoms with Gasteiger partial charge in [-0.15, -0.1) is 0 Å². The summed E-state index contributed by atoms with van der Waals surface area (Å²) in [7, 11) is -6.27. The van der Waals surface area contributed by atoms with E-state index in [1.807, 2.05) is 12.1 Å². The zero-order valence-corrected chi connectivity index (χ0v) is 23.3. The molecule has 4 N–H and O–H groups in total. The predicted molar refractivity (Wildman–Crippen MR) is 144 cm³/mol. The highest BCUT2D eigenvalue weighted by Crippen LogP contribution is 2.36. The summed E-state index contributed by atoms with van der Waals surface area (Å²) in [4.78, 5) is 26.1. The molecular formula is C25H40N5O4SSi+. The van der Waals surface area contributed by atoms with Crippen LogP contribution in [0.15, 0.2) is 24.4 Å². The average molecular weight is 535 g/mol. The molecule has 2 aliphatic rings. The maximum atomic E-state index is 14.2. The van der Waals surface area contributed by atoms with E-state index in [0.29, 0.717) is 10.0 Å². The number of nitrogens with one attached hydrogen (secondary N) is 2. The van der Waals surface area contributed by atoms with E-state index in [-0.39, 0.29) is 30.2 Å². The minimum absolute atomic E-state index is 0.0360. The molecule has 198 valence electrons. The van der Waals surface area contributed by atoms with E-state index in [1.165, 1.54) is 0 Å². The summed E-state index contributed by atoms with van der Waals surface area (Å²) in [6.07, 6.45) is 6.59. The first-order chi connectivity index (χ1) is 17.1. The topological polar surface area (TPSA) is 135 Å². The number of rotatable bonds is 9. The summed E-state index contributed by atoms with van der Waals surface area (Å²) in [6, 6.07) is 5.93. The third-order valence-corrected chi connectivity index (χ3v) is 13.7. The van der Waals surface area contributed by atoms with Crippen LogP contribution in [0.5, 0.6) is 0 Å². The Morgan fingerprint density at radius 1 is 1.17 bits per heavy atom. The van der Waals surface area contributed by atoms with Crippen LogP contribution in [-0.4, -0.2) is 80.6 Å². The number of H-pyrrole nitrogens is 1. The van der Waals surface area contributed by atoms with Crippen LogP contribution >= 0.6 is 0 Å². The van der Waals surface area contributed by atoms with Crippen LogP contribution in [-0.2, 0) is 14.6 Å². The van der Waals surface area contributed by atoms with E-state index in [0.717, 1.165) is 69.2 Å². The van der Waals surface area contributed by atoms with Crippen molar-refractivity contribution in [1.82, 2.24) is 15.5 Å². The highest BCUT2D eigenvalue weighted by molar-refractivity contribution is 7.91. The Hall–Kier alpha value is -2.08. The number of nitrogens with two attached hydrogens (primary N) is 1. The van der Waals surface area contributed by atoms with Crippen LogP contribution in [0.3, 0.4) is 0 Å². The molecule has 2 amide bonds.